The fourth-order valence-corrected chi connectivity index (χ4v) is 3.32. The Kier molecular flexibility index (Phi) is 4.11. The van der Waals surface area contributed by atoms with Gasteiger partial charge in [0, 0.05) is 32.2 Å². The number of nitrogens with two attached hydrogens (primary N) is 1. The van der Waals surface area contributed by atoms with Crippen LogP contribution in [0.25, 0.3) is 0 Å². The van der Waals surface area contributed by atoms with Gasteiger partial charge in [-0.25, -0.2) is 0 Å². The number of aromatic nitrogens is 1. The van der Waals surface area contributed by atoms with Crippen molar-refractivity contribution >= 4 is 0 Å². The zero-order valence-electron chi connectivity index (χ0n) is 11.6. The van der Waals surface area contributed by atoms with Crippen LogP contribution in [0.2, 0.25) is 0 Å². The van der Waals surface area contributed by atoms with Crippen molar-refractivity contribution in [2.75, 3.05) is 26.2 Å². The second kappa shape index (κ2) is 5.99. The van der Waals surface area contributed by atoms with E-state index in [0.29, 0.717) is 6.54 Å². The van der Waals surface area contributed by atoms with Gasteiger partial charge in [0.2, 0.25) is 0 Å². The minimum Gasteiger partial charge on any atom is -0.325 e. The Morgan fingerprint density at radius 1 is 1.16 bits per heavy atom. The quantitative estimate of drug-likeness (QED) is 0.884. The lowest BCUT2D eigenvalue weighted by atomic mass is 10.2. The van der Waals surface area contributed by atoms with Gasteiger partial charge in [-0.15, -0.1) is 0 Å². The number of nitrogens with zero attached hydrogens (tertiary/aromatic N) is 3. The van der Waals surface area contributed by atoms with Crippen molar-refractivity contribution in [1.82, 2.24) is 14.8 Å². The topological polar surface area (TPSA) is 45.4 Å². The third kappa shape index (κ3) is 3.14. The minimum atomic E-state index is 0.532. The van der Waals surface area contributed by atoms with Crippen LogP contribution in [0, 0.1) is 0 Å². The van der Waals surface area contributed by atoms with E-state index in [2.05, 4.69) is 26.9 Å². The average Bonchev–Trinajstić information content (AvgIpc) is 3.09. The van der Waals surface area contributed by atoms with Gasteiger partial charge >= 0.3 is 0 Å². The molecule has 0 amide bonds. The molecule has 2 aliphatic rings. The third-order valence-electron chi connectivity index (χ3n) is 4.36. The fraction of sp³-hybridized carbons (Fsp3) is 0.667. The second-order valence-electron chi connectivity index (χ2n) is 5.75. The van der Waals surface area contributed by atoms with Crippen molar-refractivity contribution in [2.24, 2.45) is 5.73 Å². The van der Waals surface area contributed by atoms with Gasteiger partial charge in [0.25, 0.3) is 0 Å². The predicted octanol–water partition coefficient (Wildman–Crippen LogP) is 1.21. The molecule has 0 aromatic carbocycles. The van der Waals surface area contributed by atoms with E-state index < -0.39 is 0 Å². The molecule has 1 unspecified atom stereocenters. The smallest absolute Gasteiger partial charge is 0.0547 e. The summed E-state index contributed by atoms with van der Waals surface area (Å²) < 4.78 is 0. The van der Waals surface area contributed by atoms with E-state index in [0.717, 1.165) is 24.0 Å². The molecule has 0 bridgehead atoms. The zero-order chi connectivity index (χ0) is 13.1. The Bertz CT molecular complexity index is 414. The molecule has 0 radical (unpaired) electrons. The van der Waals surface area contributed by atoms with Gasteiger partial charge in [0.15, 0.2) is 0 Å². The summed E-state index contributed by atoms with van der Waals surface area (Å²) in [5, 5.41) is 0. The molecular weight excluding hydrogens is 236 g/mol. The summed E-state index contributed by atoms with van der Waals surface area (Å²) in [6, 6.07) is 6.96. The van der Waals surface area contributed by atoms with Crippen LogP contribution in [0.15, 0.2) is 18.2 Å². The fourth-order valence-electron chi connectivity index (χ4n) is 3.32. The molecule has 1 aromatic rings. The molecule has 3 rings (SSSR count). The first kappa shape index (κ1) is 13.0. The minimum absolute atomic E-state index is 0.532. The van der Waals surface area contributed by atoms with Gasteiger partial charge in [0.05, 0.1) is 11.4 Å². The van der Waals surface area contributed by atoms with E-state index in [1.54, 1.807) is 0 Å². The van der Waals surface area contributed by atoms with Crippen LogP contribution >= 0.6 is 0 Å². The van der Waals surface area contributed by atoms with E-state index in [-0.39, 0.29) is 0 Å². The van der Waals surface area contributed by atoms with Crippen molar-refractivity contribution in [3.05, 3.63) is 29.6 Å². The van der Waals surface area contributed by atoms with Crippen molar-refractivity contribution in [3.8, 4) is 0 Å². The molecule has 0 aliphatic carbocycles. The number of hydrogen-bond donors (Lipinski definition) is 1. The van der Waals surface area contributed by atoms with Crippen molar-refractivity contribution in [3.63, 3.8) is 0 Å². The SMILES string of the molecule is NCc1cccc(CN2CCC(N3CCCC3)C2)n1. The van der Waals surface area contributed by atoms with Gasteiger partial charge in [-0.3, -0.25) is 14.8 Å². The van der Waals surface area contributed by atoms with Crippen LogP contribution in [0.4, 0.5) is 0 Å². The highest BCUT2D eigenvalue weighted by atomic mass is 15.3. The lowest BCUT2D eigenvalue weighted by molar-refractivity contribution is 0.229. The zero-order valence-corrected chi connectivity index (χ0v) is 11.6. The van der Waals surface area contributed by atoms with Crippen LogP contribution in [0.3, 0.4) is 0 Å². The second-order valence-corrected chi connectivity index (χ2v) is 5.75. The lowest BCUT2D eigenvalue weighted by Gasteiger charge is -2.23. The van der Waals surface area contributed by atoms with Gasteiger partial charge in [-0.05, 0) is 44.5 Å². The van der Waals surface area contributed by atoms with Gasteiger partial charge in [0.1, 0.15) is 0 Å². The van der Waals surface area contributed by atoms with Gasteiger partial charge in [-0.1, -0.05) is 6.07 Å². The third-order valence-corrected chi connectivity index (χ3v) is 4.36. The first-order valence-electron chi connectivity index (χ1n) is 7.46. The maximum absolute atomic E-state index is 5.65. The van der Waals surface area contributed by atoms with Crippen LogP contribution in [0.5, 0.6) is 0 Å². The molecular formula is C15H24N4. The van der Waals surface area contributed by atoms with Crippen LogP contribution < -0.4 is 5.73 Å². The molecule has 2 saturated heterocycles. The predicted molar refractivity (Wildman–Crippen MR) is 76.6 cm³/mol. The Morgan fingerprint density at radius 3 is 2.74 bits per heavy atom. The Labute approximate surface area is 115 Å². The van der Waals surface area contributed by atoms with Crippen molar-refractivity contribution in [1.29, 1.82) is 0 Å². The summed E-state index contributed by atoms with van der Waals surface area (Å²) in [5.41, 5.74) is 7.80. The molecule has 2 aliphatic heterocycles. The highest BCUT2D eigenvalue weighted by Gasteiger charge is 2.29. The highest BCUT2D eigenvalue weighted by Crippen LogP contribution is 2.21. The number of hydrogen-bond acceptors (Lipinski definition) is 4. The Morgan fingerprint density at radius 2 is 1.95 bits per heavy atom. The summed E-state index contributed by atoms with van der Waals surface area (Å²) in [7, 11) is 0. The van der Waals surface area contributed by atoms with Gasteiger partial charge in [-0.2, -0.15) is 0 Å². The molecule has 1 atom stereocenters. The van der Waals surface area contributed by atoms with E-state index >= 15 is 0 Å². The van der Waals surface area contributed by atoms with Gasteiger partial charge < -0.3 is 5.73 Å². The van der Waals surface area contributed by atoms with Crippen molar-refractivity contribution < 1.29 is 0 Å². The summed E-state index contributed by atoms with van der Waals surface area (Å²) >= 11 is 0. The summed E-state index contributed by atoms with van der Waals surface area (Å²) in [6.45, 7) is 6.52. The number of rotatable bonds is 4. The molecule has 2 N–H and O–H groups in total. The Balaban J connectivity index is 1.56. The molecule has 0 saturated carbocycles. The summed E-state index contributed by atoms with van der Waals surface area (Å²) in [6.07, 6.45) is 4.09. The molecule has 1 aromatic heterocycles. The molecule has 104 valence electrons. The maximum Gasteiger partial charge on any atom is 0.0547 e. The molecule has 19 heavy (non-hydrogen) atoms. The molecule has 4 heteroatoms. The molecule has 4 nitrogen and oxygen atoms in total. The van der Waals surface area contributed by atoms with E-state index in [1.165, 1.54) is 45.4 Å². The molecule has 3 heterocycles. The Hall–Kier alpha value is -0.970. The first-order valence-corrected chi connectivity index (χ1v) is 7.46. The van der Waals surface area contributed by atoms with Crippen LogP contribution in [-0.2, 0) is 13.1 Å². The summed E-state index contributed by atoms with van der Waals surface area (Å²) in [4.78, 5) is 9.80. The van der Waals surface area contributed by atoms with Crippen LogP contribution in [-0.4, -0.2) is 47.0 Å². The molecule has 2 fully saturated rings. The van der Waals surface area contributed by atoms with Crippen LogP contribution in [0.1, 0.15) is 30.7 Å². The first-order chi connectivity index (χ1) is 9.35. The van der Waals surface area contributed by atoms with E-state index in [4.69, 9.17) is 5.73 Å². The number of likely N-dealkylation sites (tertiary alicyclic amines) is 2. The lowest BCUT2D eigenvalue weighted by Crippen LogP contribution is -2.35. The molecule has 0 spiro atoms. The van der Waals surface area contributed by atoms with E-state index in [1.807, 2.05) is 6.07 Å². The normalized spacial score (nSPS) is 25.2. The summed E-state index contributed by atoms with van der Waals surface area (Å²) in [5.74, 6) is 0. The highest BCUT2D eigenvalue weighted by molar-refractivity contribution is 5.11. The monoisotopic (exact) mass is 260 g/mol. The van der Waals surface area contributed by atoms with Crippen molar-refractivity contribution in [2.45, 2.75) is 38.4 Å². The average molecular weight is 260 g/mol. The standard InChI is InChI=1S/C15H24N4/c16-10-13-4-3-5-14(17-13)11-18-9-6-15(12-18)19-7-1-2-8-19/h3-5,15H,1-2,6-12,16H2. The number of pyridine rings is 1. The largest absolute Gasteiger partial charge is 0.325 e. The van der Waals surface area contributed by atoms with E-state index in [9.17, 15) is 0 Å². The maximum atomic E-state index is 5.65.